The average molecular weight is 408 g/mol. The van der Waals surface area contributed by atoms with Crippen molar-refractivity contribution in [1.29, 1.82) is 0 Å². The van der Waals surface area contributed by atoms with E-state index in [0.717, 1.165) is 42.5 Å². The number of hydrogen-bond acceptors (Lipinski definition) is 6. The van der Waals surface area contributed by atoms with Gasteiger partial charge in [-0.15, -0.1) is 11.3 Å². The molecule has 1 amide bonds. The van der Waals surface area contributed by atoms with Crippen LogP contribution in [0.1, 0.15) is 36.1 Å². The van der Waals surface area contributed by atoms with Crippen LogP contribution in [0.5, 0.6) is 0 Å². The lowest BCUT2D eigenvalue weighted by atomic mass is 10.2. The van der Waals surface area contributed by atoms with Crippen molar-refractivity contribution in [1.82, 2.24) is 14.5 Å². The van der Waals surface area contributed by atoms with Crippen molar-refractivity contribution in [3.8, 4) is 0 Å². The highest BCUT2D eigenvalue weighted by Crippen LogP contribution is 2.35. The number of aryl methyl sites for hydroxylation is 2. The zero-order valence-electron chi connectivity index (χ0n) is 14.9. The van der Waals surface area contributed by atoms with Crippen LogP contribution in [-0.4, -0.2) is 52.4 Å². The topological polar surface area (TPSA) is 89.3 Å². The molecule has 5 rings (SSSR count). The zero-order chi connectivity index (χ0) is 18.8. The molecule has 0 aromatic carbocycles. The molecule has 7 nitrogen and oxygen atoms in total. The van der Waals surface area contributed by atoms with Gasteiger partial charge in [-0.05, 0) is 44.1 Å². The number of nitrogens with zero attached hydrogens (tertiary/aromatic N) is 3. The van der Waals surface area contributed by atoms with E-state index in [1.807, 2.05) is 0 Å². The van der Waals surface area contributed by atoms with Crippen LogP contribution < -0.4 is 5.56 Å². The molecular formula is C18H21N3O4S2. The van der Waals surface area contributed by atoms with Gasteiger partial charge in [0.2, 0.25) is 5.91 Å². The van der Waals surface area contributed by atoms with Gasteiger partial charge >= 0.3 is 0 Å². The molecule has 1 aliphatic heterocycles. The number of thiophene rings is 1. The first kappa shape index (κ1) is 17.4. The summed E-state index contributed by atoms with van der Waals surface area (Å²) in [6, 6.07) is -0.138. The van der Waals surface area contributed by atoms with Crippen molar-refractivity contribution in [2.24, 2.45) is 0 Å². The summed E-state index contributed by atoms with van der Waals surface area (Å²) >= 11 is 1.58. The largest absolute Gasteiger partial charge is 0.334 e. The Balaban J connectivity index is 1.45. The molecule has 0 bridgehead atoms. The first-order valence-electron chi connectivity index (χ1n) is 9.44. The fourth-order valence-electron chi connectivity index (χ4n) is 4.41. The van der Waals surface area contributed by atoms with Crippen molar-refractivity contribution in [2.75, 3.05) is 11.5 Å². The summed E-state index contributed by atoms with van der Waals surface area (Å²) in [5.74, 6) is 0.0111. The molecule has 27 heavy (non-hydrogen) atoms. The van der Waals surface area contributed by atoms with E-state index in [1.54, 1.807) is 16.2 Å². The Kier molecular flexibility index (Phi) is 3.94. The first-order chi connectivity index (χ1) is 12.9. The number of rotatable bonds is 4. The Morgan fingerprint density at radius 3 is 2.78 bits per heavy atom. The van der Waals surface area contributed by atoms with E-state index < -0.39 is 9.84 Å². The number of amides is 1. The number of hydrogen-bond donors (Lipinski definition) is 0. The predicted octanol–water partition coefficient (Wildman–Crippen LogP) is 1.12. The van der Waals surface area contributed by atoms with Gasteiger partial charge in [-0.2, -0.15) is 0 Å². The van der Waals surface area contributed by atoms with Gasteiger partial charge in [-0.25, -0.2) is 13.4 Å². The summed E-state index contributed by atoms with van der Waals surface area (Å²) in [6.45, 7) is -0.0700. The fraction of sp³-hybridized carbons (Fsp3) is 0.611. The number of fused-ring (bicyclic) bond motifs is 3. The van der Waals surface area contributed by atoms with Gasteiger partial charge in [0.25, 0.3) is 5.56 Å². The Hall–Kier alpha value is -1.74. The van der Waals surface area contributed by atoms with Crippen molar-refractivity contribution >= 4 is 37.3 Å². The Morgan fingerprint density at radius 2 is 2.07 bits per heavy atom. The van der Waals surface area contributed by atoms with E-state index in [4.69, 9.17) is 0 Å². The molecule has 9 heteroatoms. The van der Waals surface area contributed by atoms with E-state index in [-0.39, 0.29) is 41.6 Å². The van der Waals surface area contributed by atoms with Crippen molar-refractivity contribution in [3.05, 3.63) is 27.1 Å². The molecule has 1 saturated carbocycles. The lowest BCUT2D eigenvalue weighted by Crippen LogP contribution is -2.45. The van der Waals surface area contributed by atoms with Gasteiger partial charge in [-0.3, -0.25) is 14.2 Å². The van der Waals surface area contributed by atoms with Gasteiger partial charge in [0.15, 0.2) is 9.84 Å². The molecule has 144 valence electrons. The minimum atomic E-state index is -3.06. The molecule has 2 aromatic rings. The molecule has 0 unspecified atom stereocenters. The van der Waals surface area contributed by atoms with Crippen molar-refractivity contribution in [2.45, 2.75) is 57.2 Å². The molecule has 0 spiro atoms. The zero-order valence-corrected chi connectivity index (χ0v) is 16.5. The Labute approximate surface area is 160 Å². The van der Waals surface area contributed by atoms with Gasteiger partial charge in [-0.1, -0.05) is 0 Å². The summed E-state index contributed by atoms with van der Waals surface area (Å²) in [6.07, 6.45) is 6.74. The maximum Gasteiger partial charge on any atom is 0.262 e. The van der Waals surface area contributed by atoms with Crippen LogP contribution >= 0.6 is 11.3 Å². The third kappa shape index (κ3) is 3.00. The lowest BCUT2D eigenvalue weighted by molar-refractivity contribution is -0.134. The Morgan fingerprint density at radius 1 is 1.26 bits per heavy atom. The summed E-state index contributed by atoms with van der Waals surface area (Å²) in [5.41, 5.74) is 0.956. The number of carbonyl (C=O) groups is 1. The van der Waals surface area contributed by atoms with Crippen LogP contribution in [0.2, 0.25) is 0 Å². The standard InChI is InChI=1S/C18H21N3O4S2/c22-15(21(11-4-5-11)12-6-7-27(24,25)9-12)8-20-10-19-17-16(18(20)23)13-2-1-3-14(13)26-17/h10-12H,1-9H2/t12-/m1/s1. The van der Waals surface area contributed by atoms with Crippen LogP contribution in [0.25, 0.3) is 10.2 Å². The van der Waals surface area contributed by atoms with E-state index in [1.165, 1.54) is 15.8 Å². The molecule has 1 saturated heterocycles. The summed E-state index contributed by atoms with van der Waals surface area (Å²) in [5, 5.41) is 0.671. The van der Waals surface area contributed by atoms with Gasteiger partial charge in [0.1, 0.15) is 11.4 Å². The second-order valence-electron chi connectivity index (χ2n) is 7.80. The van der Waals surface area contributed by atoms with Crippen LogP contribution in [0.4, 0.5) is 0 Å². The highest BCUT2D eigenvalue weighted by Gasteiger charge is 2.42. The highest BCUT2D eigenvalue weighted by molar-refractivity contribution is 7.91. The molecule has 3 heterocycles. The molecule has 0 N–H and O–H groups in total. The predicted molar refractivity (Wildman–Crippen MR) is 103 cm³/mol. The van der Waals surface area contributed by atoms with Crippen LogP contribution in [0, 0.1) is 0 Å². The first-order valence-corrected chi connectivity index (χ1v) is 12.1. The second kappa shape index (κ2) is 6.13. The van der Waals surface area contributed by atoms with Gasteiger partial charge < -0.3 is 4.90 Å². The number of carbonyl (C=O) groups excluding carboxylic acids is 1. The molecule has 3 aliphatic rings. The monoisotopic (exact) mass is 407 g/mol. The van der Waals surface area contributed by atoms with Gasteiger partial charge in [0, 0.05) is 17.0 Å². The lowest BCUT2D eigenvalue weighted by Gasteiger charge is -2.28. The van der Waals surface area contributed by atoms with E-state index in [0.29, 0.717) is 11.8 Å². The summed E-state index contributed by atoms with van der Waals surface area (Å²) in [7, 11) is -3.06. The highest BCUT2D eigenvalue weighted by atomic mass is 32.2. The molecule has 0 radical (unpaired) electrons. The summed E-state index contributed by atoms with van der Waals surface area (Å²) in [4.78, 5) is 34.1. The average Bonchev–Trinajstić information content (AvgIpc) is 3.05. The molecule has 1 atom stereocenters. The SMILES string of the molecule is O=C(Cn1cnc2sc3c(c2c1=O)CCC3)N(C1CC1)[C@@H]1CCS(=O)(=O)C1. The number of aromatic nitrogens is 2. The van der Waals surface area contributed by atoms with Crippen LogP contribution in [0.3, 0.4) is 0 Å². The van der Waals surface area contributed by atoms with E-state index >= 15 is 0 Å². The minimum Gasteiger partial charge on any atom is -0.334 e. The van der Waals surface area contributed by atoms with Crippen molar-refractivity contribution < 1.29 is 13.2 Å². The van der Waals surface area contributed by atoms with Crippen LogP contribution in [-0.2, 0) is 34.0 Å². The fourth-order valence-corrected chi connectivity index (χ4v) is 7.34. The van der Waals surface area contributed by atoms with E-state index in [2.05, 4.69) is 4.98 Å². The van der Waals surface area contributed by atoms with E-state index in [9.17, 15) is 18.0 Å². The normalized spacial score (nSPS) is 23.6. The van der Waals surface area contributed by atoms with Gasteiger partial charge in [0.05, 0.1) is 23.2 Å². The molecule has 2 fully saturated rings. The third-order valence-electron chi connectivity index (χ3n) is 5.83. The Bertz CT molecular complexity index is 1100. The third-order valence-corrected chi connectivity index (χ3v) is 8.78. The number of sulfone groups is 1. The maximum atomic E-state index is 13.0. The summed E-state index contributed by atoms with van der Waals surface area (Å²) < 4.78 is 25.1. The van der Waals surface area contributed by atoms with Crippen LogP contribution in [0.15, 0.2) is 11.1 Å². The minimum absolute atomic E-state index is 0.0411. The second-order valence-corrected chi connectivity index (χ2v) is 11.1. The molecule has 2 aliphatic carbocycles. The smallest absolute Gasteiger partial charge is 0.262 e. The quantitative estimate of drug-likeness (QED) is 0.758. The maximum absolute atomic E-state index is 13.0. The molecule has 2 aromatic heterocycles. The molecular weight excluding hydrogens is 386 g/mol. The van der Waals surface area contributed by atoms with Crippen molar-refractivity contribution in [3.63, 3.8) is 0 Å².